The van der Waals surface area contributed by atoms with Crippen LogP contribution in [0.15, 0.2) is 12.1 Å². The van der Waals surface area contributed by atoms with E-state index in [0.717, 1.165) is 16.7 Å². The number of phenols is 1. The van der Waals surface area contributed by atoms with Crippen LogP contribution in [-0.2, 0) is 10.8 Å². The van der Waals surface area contributed by atoms with E-state index < -0.39 is 0 Å². The standard InChI is InChI=1S/C17H26N2O/c1-16(2,3)12-9-11(14(19)7-8-18)10-13(15(12)20)17(4,5)6/h9-10,14,20H,7,19H2,1-6H3/t14-/m1/s1. The van der Waals surface area contributed by atoms with Crippen LogP contribution in [0.3, 0.4) is 0 Å². The molecule has 3 heteroatoms. The molecule has 1 aromatic carbocycles. The van der Waals surface area contributed by atoms with Crippen LogP contribution in [0.1, 0.15) is 70.7 Å². The molecule has 1 atom stereocenters. The van der Waals surface area contributed by atoms with Gasteiger partial charge in [0.2, 0.25) is 0 Å². The average Bonchev–Trinajstić information content (AvgIpc) is 2.26. The summed E-state index contributed by atoms with van der Waals surface area (Å²) in [6.07, 6.45) is 0.276. The predicted molar refractivity (Wildman–Crippen MR) is 82.7 cm³/mol. The van der Waals surface area contributed by atoms with Crippen molar-refractivity contribution >= 4 is 0 Å². The van der Waals surface area contributed by atoms with Crippen LogP contribution in [0.25, 0.3) is 0 Å². The van der Waals surface area contributed by atoms with E-state index in [1.165, 1.54) is 0 Å². The van der Waals surface area contributed by atoms with Gasteiger partial charge in [-0.05, 0) is 39.7 Å². The molecule has 0 saturated heterocycles. The van der Waals surface area contributed by atoms with Gasteiger partial charge in [0, 0.05) is 6.04 Å². The largest absolute Gasteiger partial charge is 0.507 e. The Morgan fingerprint density at radius 3 is 1.80 bits per heavy atom. The SMILES string of the molecule is CC(C)(C)c1cc([C@H](N)CC#N)cc(C(C)(C)C)c1O. The second kappa shape index (κ2) is 5.46. The summed E-state index contributed by atoms with van der Waals surface area (Å²) in [5.41, 5.74) is 8.41. The van der Waals surface area contributed by atoms with Crippen LogP contribution in [-0.4, -0.2) is 5.11 Å². The van der Waals surface area contributed by atoms with Crippen molar-refractivity contribution in [3.8, 4) is 11.8 Å². The normalized spacial score (nSPS) is 13.9. The minimum Gasteiger partial charge on any atom is -0.507 e. The number of hydrogen-bond acceptors (Lipinski definition) is 3. The van der Waals surface area contributed by atoms with Gasteiger partial charge in [-0.1, -0.05) is 41.5 Å². The number of nitriles is 1. The van der Waals surface area contributed by atoms with E-state index >= 15 is 0 Å². The van der Waals surface area contributed by atoms with Crippen LogP contribution in [0.2, 0.25) is 0 Å². The van der Waals surface area contributed by atoms with Crippen LogP contribution in [0.5, 0.6) is 5.75 Å². The molecule has 0 amide bonds. The van der Waals surface area contributed by atoms with Gasteiger partial charge in [0.05, 0.1) is 12.5 Å². The zero-order valence-electron chi connectivity index (χ0n) is 13.4. The molecule has 3 N–H and O–H groups in total. The van der Waals surface area contributed by atoms with E-state index in [2.05, 4.69) is 47.6 Å². The molecule has 0 aromatic heterocycles. The number of hydrogen-bond donors (Lipinski definition) is 2. The third-order valence-corrected chi connectivity index (χ3v) is 3.49. The fourth-order valence-corrected chi connectivity index (χ4v) is 2.23. The molecule has 0 aliphatic rings. The summed E-state index contributed by atoms with van der Waals surface area (Å²) in [4.78, 5) is 0. The van der Waals surface area contributed by atoms with Crippen molar-refractivity contribution in [3.63, 3.8) is 0 Å². The topological polar surface area (TPSA) is 70.0 Å². The monoisotopic (exact) mass is 274 g/mol. The predicted octanol–water partition coefficient (Wildman–Crippen LogP) is 3.90. The Morgan fingerprint density at radius 2 is 1.50 bits per heavy atom. The lowest BCUT2D eigenvalue weighted by molar-refractivity contribution is 0.422. The number of phenolic OH excluding ortho intramolecular Hbond substituents is 1. The highest BCUT2D eigenvalue weighted by Gasteiger charge is 2.27. The lowest BCUT2D eigenvalue weighted by Gasteiger charge is -2.29. The van der Waals surface area contributed by atoms with Gasteiger partial charge in [-0.3, -0.25) is 0 Å². The average molecular weight is 274 g/mol. The Morgan fingerprint density at radius 1 is 1.10 bits per heavy atom. The van der Waals surface area contributed by atoms with Crippen LogP contribution < -0.4 is 5.73 Å². The quantitative estimate of drug-likeness (QED) is 0.859. The van der Waals surface area contributed by atoms with Crippen molar-refractivity contribution < 1.29 is 5.11 Å². The Kier molecular flexibility index (Phi) is 4.51. The number of aromatic hydroxyl groups is 1. The molecule has 0 spiro atoms. The first-order valence-electron chi connectivity index (χ1n) is 6.99. The van der Waals surface area contributed by atoms with Crippen molar-refractivity contribution in [1.82, 2.24) is 0 Å². The Bertz CT molecular complexity index is 492. The molecule has 0 bridgehead atoms. The summed E-state index contributed by atoms with van der Waals surface area (Å²) in [6.45, 7) is 12.4. The van der Waals surface area contributed by atoms with Gasteiger partial charge in [-0.2, -0.15) is 5.26 Å². The highest BCUT2D eigenvalue weighted by atomic mass is 16.3. The molecule has 20 heavy (non-hydrogen) atoms. The van der Waals surface area contributed by atoms with Gasteiger partial charge in [0.25, 0.3) is 0 Å². The highest BCUT2D eigenvalue weighted by molar-refractivity contribution is 5.50. The first kappa shape index (κ1) is 16.5. The minimum absolute atomic E-state index is 0.174. The van der Waals surface area contributed by atoms with E-state index in [9.17, 15) is 5.11 Å². The maximum Gasteiger partial charge on any atom is 0.123 e. The van der Waals surface area contributed by atoms with Crippen molar-refractivity contribution in [1.29, 1.82) is 5.26 Å². The summed E-state index contributed by atoms with van der Waals surface area (Å²) >= 11 is 0. The molecule has 0 aliphatic carbocycles. The fourth-order valence-electron chi connectivity index (χ4n) is 2.23. The van der Waals surface area contributed by atoms with Crippen molar-refractivity contribution in [3.05, 3.63) is 28.8 Å². The lowest BCUT2D eigenvalue weighted by atomic mass is 9.77. The molecule has 110 valence electrons. The molecule has 0 fully saturated rings. The number of benzene rings is 1. The molecule has 3 nitrogen and oxygen atoms in total. The van der Waals surface area contributed by atoms with E-state index in [-0.39, 0.29) is 23.3 Å². The second-order valence-corrected chi connectivity index (χ2v) is 7.43. The first-order chi connectivity index (χ1) is 8.98. The van der Waals surface area contributed by atoms with Crippen molar-refractivity contribution in [2.45, 2.75) is 64.8 Å². The lowest BCUT2D eigenvalue weighted by Crippen LogP contribution is -2.20. The zero-order chi connectivity index (χ0) is 15.7. The van der Waals surface area contributed by atoms with E-state index in [1.807, 2.05) is 12.1 Å². The molecule has 1 rings (SSSR count). The summed E-state index contributed by atoms with van der Waals surface area (Å²) in [6, 6.07) is 5.67. The summed E-state index contributed by atoms with van der Waals surface area (Å²) in [5, 5.41) is 19.4. The minimum atomic E-state index is -0.317. The molecule has 0 unspecified atom stereocenters. The third-order valence-electron chi connectivity index (χ3n) is 3.49. The number of rotatable bonds is 2. The third kappa shape index (κ3) is 3.52. The molecule has 0 heterocycles. The van der Waals surface area contributed by atoms with E-state index in [4.69, 9.17) is 11.0 Å². The van der Waals surface area contributed by atoms with Gasteiger partial charge in [-0.25, -0.2) is 0 Å². The first-order valence-corrected chi connectivity index (χ1v) is 6.99. The molecule has 1 aromatic rings. The van der Waals surface area contributed by atoms with E-state index in [0.29, 0.717) is 5.75 Å². The Labute approximate surface area is 122 Å². The van der Waals surface area contributed by atoms with Gasteiger partial charge in [0.1, 0.15) is 5.75 Å². The van der Waals surface area contributed by atoms with Crippen LogP contribution in [0, 0.1) is 11.3 Å². The highest BCUT2D eigenvalue weighted by Crippen LogP contribution is 2.40. The van der Waals surface area contributed by atoms with Gasteiger partial charge in [0.15, 0.2) is 0 Å². The second-order valence-electron chi connectivity index (χ2n) is 7.43. The maximum absolute atomic E-state index is 10.6. The molecule has 0 radical (unpaired) electrons. The van der Waals surface area contributed by atoms with Gasteiger partial charge < -0.3 is 10.8 Å². The van der Waals surface area contributed by atoms with E-state index in [1.54, 1.807) is 0 Å². The molecular formula is C17H26N2O. The molecule has 0 saturated carbocycles. The van der Waals surface area contributed by atoms with Gasteiger partial charge in [-0.15, -0.1) is 0 Å². The Hall–Kier alpha value is -1.53. The number of nitrogens with zero attached hydrogens (tertiary/aromatic N) is 1. The zero-order valence-corrected chi connectivity index (χ0v) is 13.4. The van der Waals surface area contributed by atoms with Crippen molar-refractivity contribution in [2.75, 3.05) is 0 Å². The summed E-state index contributed by atoms with van der Waals surface area (Å²) < 4.78 is 0. The van der Waals surface area contributed by atoms with Gasteiger partial charge >= 0.3 is 0 Å². The molecule has 0 aliphatic heterocycles. The van der Waals surface area contributed by atoms with Crippen LogP contribution >= 0.6 is 0 Å². The fraction of sp³-hybridized carbons (Fsp3) is 0.588. The smallest absolute Gasteiger partial charge is 0.123 e. The molecular weight excluding hydrogens is 248 g/mol. The summed E-state index contributed by atoms with van der Waals surface area (Å²) in [5.74, 6) is 0.345. The summed E-state index contributed by atoms with van der Waals surface area (Å²) in [7, 11) is 0. The Balaban J connectivity index is 3.55. The maximum atomic E-state index is 10.6. The van der Waals surface area contributed by atoms with Crippen molar-refractivity contribution in [2.24, 2.45) is 5.73 Å². The van der Waals surface area contributed by atoms with Crippen LogP contribution in [0.4, 0.5) is 0 Å². The number of nitrogens with two attached hydrogens (primary N) is 1.